The van der Waals surface area contributed by atoms with Crippen molar-refractivity contribution in [1.82, 2.24) is 0 Å². The molecule has 0 aliphatic carbocycles. The lowest BCUT2D eigenvalue weighted by molar-refractivity contribution is -0.226. The molecule has 0 radical (unpaired) electrons. The standard InChI is InChI=1S/C20H19NO8/c1-10(22)27-19(28-11(2)23)20-9-8-14(29-20)15-16(20)18(25)21(17(15)24)12-6-4-5-7-13(12)26-3/h4-9,14-16,19H,1-3H3/t14-,15+,16+,20-/m1/s1. The Morgan fingerprint density at radius 3 is 2.38 bits per heavy atom. The number of ether oxygens (including phenoxy) is 4. The predicted octanol–water partition coefficient (Wildman–Crippen LogP) is 0.960. The summed E-state index contributed by atoms with van der Waals surface area (Å²) in [7, 11) is 1.44. The van der Waals surface area contributed by atoms with Gasteiger partial charge in [-0.2, -0.15) is 0 Å². The van der Waals surface area contributed by atoms with Gasteiger partial charge in [0.25, 0.3) is 6.29 Å². The molecule has 1 aromatic carbocycles. The SMILES string of the molecule is COc1ccccc1N1C(=O)[C@@H]2[C@@H](C1=O)[C@@]1(C(OC(C)=O)OC(C)=O)C=C[C@H]2O1. The van der Waals surface area contributed by atoms with E-state index in [0.717, 1.165) is 18.7 Å². The Morgan fingerprint density at radius 1 is 1.10 bits per heavy atom. The molecule has 29 heavy (non-hydrogen) atoms. The lowest BCUT2D eigenvalue weighted by Gasteiger charge is -2.34. The van der Waals surface area contributed by atoms with Crippen LogP contribution in [0.3, 0.4) is 0 Å². The Hall–Kier alpha value is -3.20. The Balaban J connectivity index is 1.77. The van der Waals surface area contributed by atoms with Crippen LogP contribution < -0.4 is 9.64 Å². The average Bonchev–Trinajstić information content (AvgIpc) is 3.32. The van der Waals surface area contributed by atoms with Crippen molar-refractivity contribution in [3.8, 4) is 5.75 Å². The number of rotatable bonds is 5. The van der Waals surface area contributed by atoms with E-state index in [2.05, 4.69) is 0 Å². The summed E-state index contributed by atoms with van der Waals surface area (Å²) in [5.74, 6) is -3.91. The average molecular weight is 401 g/mol. The molecule has 0 unspecified atom stereocenters. The van der Waals surface area contributed by atoms with Gasteiger partial charge < -0.3 is 18.9 Å². The third-order valence-corrected chi connectivity index (χ3v) is 5.32. The Labute approximate surface area is 166 Å². The van der Waals surface area contributed by atoms with Crippen LogP contribution in [0, 0.1) is 11.8 Å². The quantitative estimate of drug-likeness (QED) is 0.311. The second-order valence-electron chi connectivity index (χ2n) is 7.03. The molecular formula is C20H19NO8. The van der Waals surface area contributed by atoms with Crippen LogP contribution in [0.4, 0.5) is 5.69 Å². The van der Waals surface area contributed by atoms with Crippen molar-refractivity contribution in [1.29, 1.82) is 0 Å². The van der Waals surface area contributed by atoms with E-state index in [1.165, 1.54) is 13.2 Å². The first-order chi connectivity index (χ1) is 13.8. The van der Waals surface area contributed by atoms with Gasteiger partial charge in [0.15, 0.2) is 5.60 Å². The number of amides is 2. The summed E-state index contributed by atoms with van der Waals surface area (Å²) in [4.78, 5) is 50.8. The van der Waals surface area contributed by atoms with E-state index in [9.17, 15) is 19.2 Å². The van der Waals surface area contributed by atoms with Gasteiger partial charge in [-0.25, -0.2) is 4.90 Å². The molecule has 4 atom stereocenters. The monoisotopic (exact) mass is 401 g/mol. The van der Waals surface area contributed by atoms with Crippen LogP contribution in [0.5, 0.6) is 5.75 Å². The Bertz CT molecular complexity index is 924. The van der Waals surface area contributed by atoms with Crippen molar-refractivity contribution < 1.29 is 38.1 Å². The van der Waals surface area contributed by atoms with E-state index in [1.807, 2.05) is 0 Å². The maximum Gasteiger partial charge on any atom is 0.305 e. The predicted molar refractivity (Wildman–Crippen MR) is 96.5 cm³/mol. The molecule has 0 saturated carbocycles. The number of esters is 2. The molecule has 0 N–H and O–H groups in total. The van der Waals surface area contributed by atoms with Crippen LogP contribution in [0.15, 0.2) is 36.4 Å². The minimum absolute atomic E-state index is 0.311. The number of hydrogen-bond acceptors (Lipinski definition) is 8. The molecule has 2 bridgehead atoms. The van der Waals surface area contributed by atoms with E-state index in [4.69, 9.17) is 18.9 Å². The third kappa shape index (κ3) is 2.72. The fourth-order valence-corrected chi connectivity index (χ4v) is 4.27. The summed E-state index contributed by atoms with van der Waals surface area (Å²) in [5.41, 5.74) is -1.26. The number of methoxy groups -OCH3 is 1. The van der Waals surface area contributed by atoms with Crippen molar-refractivity contribution in [3.05, 3.63) is 36.4 Å². The number of carbonyl (C=O) groups is 4. The fourth-order valence-electron chi connectivity index (χ4n) is 4.27. The van der Waals surface area contributed by atoms with Crippen molar-refractivity contribution in [2.45, 2.75) is 31.8 Å². The maximum absolute atomic E-state index is 13.4. The molecular weight excluding hydrogens is 382 g/mol. The van der Waals surface area contributed by atoms with E-state index in [1.54, 1.807) is 30.3 Å². The molecule has 0 aromatic heterocycles. The molecule has 3 aliphatic heterocycles. The summed E-state index contributed by atoms with van der Waals surface area (Å²) < 4.78 is 21.6. The molecule has 1 aromatic rings. The first kappa shape index (κ1) is 19.1. The second kappa shape index (κ2) is 6.70. The highest BCUT2D eigenvalue weighted by Crippen LogP contribution is 2.55. The first-order valence-corrected chi connectivity index (χ1v) is 9.02. The van der Waals surface area contributed by atoms with Crippen LogP contribution in [-0.2, 0) is 33.4 Å². The highest BCUT2D eigenvalue weighted by atomic mass is 16.7. The van der Waals surface area contributed by atoms with Gasteiger partial charge >= 0.3 is 11.9 Å². The number of hydrogen-bond donors (Lipinski definition) is 0. The van der Waals surface area contributed by atoms with Gasteiger partial charge in [-0.05, 0) is 18.2 Å². The van der Waals surface area contributed by atoms with Gasteiger partial charge in [-0.15, -0.1) is 0 Å². The summed E-state index contributed by atoms with van der Waals surface area (Å²) >= 11 is 0. The molecule has 152 valence electrons. The van der Waals surface area contributed by atoms with Crippen LogP contribution in [-0.4, -0.2) is 48.9 Å². The number of anilines is 1. The molecule has 0 spiro atoms. The highest BCUT2D eigenvalue weighted by molar-refractivity contribution is 6.24. The first-order valence-electron chi connectivity index (χ1n) is 9.02. The number of imide groups is 1. The van der Waals surface area contributed by atoms with Gasteiger partial charge in [0.1, 0.15) is 5.75 Å². The lowest BCUT2D eigenvalue weighted by atomic mass is 9.76. The number of carbonyl (C=O) groups excluding carboxylic acids is 4. The minimum Gasteiger partial charge on any atom is -0.495 e. The zero-order valence-corrected chi connectivity index (χ0v) is 16.0. The zero-order chi connectivity index (χ0) is 20.9. The molecule has 3 heterocycles. The van der Waals surface area contributed by atoms with Gasteiger partial charge in [0.05, 0.1) is 30.7 Å². The van der Waals surface area contributed by atoms with E-state index in [0.29, 0.717) is 11.4 Å². The van der Waals surface area contributed by atoms with Crippen LogP contribution in [0.1, 0.15) is 13.8 Å². The third-order valence-electron chi connectivity index (χ3n) is 5.32. The normalized spacial score (nSPS) is 29.4. The van der Waals surface area contributed by atoms with Gasteiger partial charge in [0, 0.05) is 13.8 Å². The number of benzene rings is 1. The van der Waals surface area contributed by atoms with Crippen LogP contribution >= 0.6 is 0 Å². The molecule has 2 saturated heterocycles. The maximum atomic E-state index is 13.4. The van der Waals surface area contributed by atoms with Crippen molar-refractivity contribution in [2.75, 3.05) is 12.0 Å². The molecule has 9 nitrogen and oxygen atoms in total. The fraction of sp³-hybridized carbons (Fsp3) is 0.400. The van der Waals surface area contributed by atoms with Crippen molar-refractivity contribution in [3.63, 3.8) is 0 Å². The van der Waals surface area contributed by atoms with Gasteiger partial charge in [0.2, 0.25) is 11.8 Å². The summed E-state index contributed by atoms with van der Waals surface area (Å²) in [6.07, 6.45) is 0.956. The van der Waals surface area contributed by atoms with Crippen molar-refractivity contribution >= 4 is 29.4 Å². The van der Waals surface area contributed by atoms with E-state index in [-0.39, 0.29) is 0 Å². The number of fused-ring (bicyclic) bond motifs is 5. The Kier molecular flexibility index (Phi) is 4.42. The molecule has 2 fully saturated rings. The zero-order valence-electron chi connectivity index (χ0n) is 16.0. The largest absolute Gasteiger partial charge is 0.495 e. The number of para-hydroxylation sites is 2. The summed E-state index contributed by atoms with van der Waals surface area (Å²) in [5, 5.41) is 0. The summed E-state index contributed by atoms with van der Waals surface area (Å²) in [6, 6.07) is 6.66. The van der Waals surface area contributed by atoms with E-state index >= 15 is 0 Å². The summed E-state index contributed by atoms with van der Waals surface area (Å²) in [6.45, 7) is 2.30. The lowest BCUT2D eigenvalue weighted by Crippen LogP contribution is -2.52. The number of nitrogens with zero attached hydrogens (tertiary/aromatic N) is 1. The highest BCUT2D eigenvalue weighted by Gasteiger charge is 2.72. The Morgan fingerprint density at radius 2 is 1.76 bits per heavy atom. The van der Waals surface area contributed by atoms with Crippen LogP contribution in [0.2, 0.25) is 0 Å². The molecule has 3 aliphatic rings. The van der Waals surface area contributed by atoms with E-state index < -0.39 is 53.6 Å². The molecule has 9 heteroatoms. The molecule has 4 rings (SSSR count). The van der Waals surface area contributed by atoms with Gasteiger partial charge in [-0.3, -0.25) is 19.2 Å². The molecule has 2 amide bonds. The minimum atomic E-state index is -1.57. The smallest absolute Gasteiger partial charge is 0.305 e. The second-order valence-corrected chi connectivity index (χ2v) is 7.03. The van der Waals surface area contributed by atoms with Crippen LogP contribution in [0.25, 0.3) is 0 Å². The van der Waals surface area contributed by atoms with Crippen molar-refractivity contribution in [2.24, 2.45) is 11.8 Å². The topological polar surface area (TPSA) is 108 Å². The van der Waals surface area contributed by atoms with Gasteiger partial charge in [-0.1, -0.05) is 18.2 Å².